The molecule has 0 aliphatic carbocycles. The number of hydrogen-bond acceptors (Lipinski definition) is 10. The van der Waals surface area contributed by atoms with Crippen molar-refractivity contribution >= 4 is 35.0 Å². The number of halogens is 3. The van der Waals surface area contributed by atoms with Gasteiger partial charge < -0.3 is 28.4 Å². The Hall–Kier alpha value is -9.57. The predicted octanol–water partition coefficient (Wildman–Crippen LogP) is 9.79. The largest absolute Gasteiger partial charge is 0.477 e. The molecule has 0 N–H and O–H groups in total. The molecule has 0 atom stereocenters. The number of ether oxygens (including phenoxy) is 6. The Kier molecular flexibility index (Phi) is 13.0. The van der Waals surface area contributed by atoms with E-state index < -0.39 is 35.2 Å². The van der Waals surface area contributed by atoms with Gasteiger partial charge in [0.2, 0.25) is 0 Å². The summed E-state index contributed by atoms with van der Waals surface area (Å²) in [5.74, 6) is 8.30. The van der Waals surface area contributed by atoms with E-state index in [0.717, 1.165) is 16.7 Å². The van der Waals surface area contributed by atoms with Gasteiger partial charge in [-0.05, 0) is 103 Å². The molecule has 70 heavy (non-hydrogen) atoms. The van der Waals surface area contributed by atoms with E-state index >= 15 is 13.2 Å². The third-order valence-electron chi connectivity index (χ3n) is 11.2. The first-order chi connectivity index (χ1) is 33.7. The van der Waals surface area contributed by atoms with Gasteiger partial charge in [-0.15, -0.1) is 25.7 Å². The summed E-state index contributed by atoms with van der Waals surface area (Å²) in [4.78, 5) is 56.1. The van der Waals surface area contributed by atoms with Crippen molar-refractivity contribution in [1.29, 1.82) is 0 Å². The van der Waals surface area contributed by atoms with Crippen LogP contribution in [0.5, 0.6) is 46.0 Å². The summed E-state index contributed by atoms with van der Waals surface area (Å²) >= 11 is 0. The summed E-state index contributed by atoms with van der Waals surface area (Å²) in [5.41, 5.74) is -2.09. The Morgan fingerprint density at radius 2 is 0.757 bits per heavy atom. The number of carbonyl (C=O) groups excluding carboxylic acids is 4. The fraction of sp³-hybridized carbons (Fsp3) is 0.127. The smallest absolute Gasteiger partial charge is 0.402 e. The maximum atomic E-state index is 15.1. The Balaban J connectivity index is 0.963. The third kappa shape index (κ3) is 8.87. The maximum absolute atomic E-state index is 15.1. The Morgan fingerprint density at radius 1 is 0.429 bits per heavy atom. The average Bonchev–Trinajstić information content (AvgIpc) is 3.76. The van der Waals surface area contributed by atoms with Crippen LogP contribution in [0.15, 0.2) is 121 Å². The highest BCUT2D eigenvalue weighted by molar-refractivity contribution is 6.35. The molecule has 4 amide bonds. The van der Waals surface area contributed by atoms with Gasteiger partial charge in [0.25, 0.3) is 23.6 Å². The first-order valence-corrected chi connectivity index (χ1v) is 20.9. The second-order valence-electron chi connectivity index (χ2n) is 15.4. The van der Waals surface area contributed by atoms with Crippen LogP contribution in [0, 0.1) is 49.4 Å². The molecule has 12 nitrogen and oxygen atoms in total. The number of amides is 4. The number of alkyl halides is 3. The van der Waals surface area contributed by atoms with Gasteiger partial charge in [-0.2, -0.15) is 13.2 Å². The molecule has 2 aliphatic rings. The monoisotopic (exact) mass is 940 g/mol. The van der Waals surface area contributed by atoms with Gasteiger partial charge in [0, 0.05) is 12.1 Å². The van der Waals surface area contributed by atoms with E-state index in [2.05, 4.69) is 23.7 Å². The van der Waals surface area contributed by atoms with Crippen LogP contribution in [0.4, 0.5) is 24.5 Å². The zero-order valence-electron chi connectivity index (χ0n) is 36.8. The molecule has 2 heterocycles. The van der Waals surface area contributed by atoms with Crippen LogP contribution in [-0.2, 0) is 5.41 Å². The van der Waals surface area contributed by atoms with Crippen molar-refractivity contribution in [2.75, 3.05) is 36.2 Å². The maximum Gasteiger partial charge on any atom is 0.402 e. The van der Waals surface area contributed by atoms with Crippen LogP contribution >= 0.6 is 0 Å². The molecular formula is C55H35F3N2O10. The van der Waals surface area contributed by atoms with Gasteiger partial charge in [-0.25, -0.2) is 9.80 Å². The second kappa shape index (κ2) is 19.3. The van der Waals surface area contributed by atoms with E-state index in [1.165, 1.54) is 121 Å². The lowest BCUT2D eigenvalue weighted by Crippen LogP contribution is -2.40. The Bertz CT molecular complexity index is 3050. The van der Waals surface area contributed by atoms with E-state index in [1.807, 2.05) is 0 Å². The number of nitrogens with zero attached hydrogens (tertiary/aromatic N) is 2. The van der Waals surface area contributed by atoms with Gasteiger partial charge in [0.05, 0.1) is 33.6 Å². The molecule has 0 fully saturated rings. The molecule has 0 aromatic heterocycles. The fourth-order valence-corrected chi connectivity index (χ4v) is 7.73. The van der Waals surface area contributed by atoms with Gasteiger partial charge in [-0.3, -0.25) is 19.2 Å². The van der Waals surface area contributed by atoms with Crippen LogP contribution < -0.4 is 38.2 Å². The summed E-state index contributed by atoms with van der Waals surface area (Å²) in [6, 6.07) is 27.9. The summed E-state index contributed by atoms with van der Waals surface area (Å²) in [7, 11) is 0. The molecule has 0 saturated carbocycles. The van der Waals surface area contributed by atoms with Crippen molar-refractivity contribution in [3.8, 4) is 95.4 Å². The highest BCUT2D eigenvalue weighted by Crippen LogP contribution is 2.47. The summed E-state index contributed by atoms with van der Waals surface area (Å²) in [6.45, 7) is 0.682. The standard InChI is InChI=1S/C55H35F3N2O10/c1-6-26-65-46-24-14-36(30-48(46)67-28-8-3)59-50(61)42-22-20-40(32-44(42)52(59)63)69-38-16-10-34(11-17-38)54(5,55(56,57)58)35-12-18-39(19-13-35)70-41-21-23-43-45(33-41)53(64)60(51(43)62)37-15-25-47(66-27-7-2)49(31-37)68-29-9-4/h1-4,10-25,30-33H,26-29H2,5H3. The molecular weight excluding hydrogens is 906 g/mol. The van der Waals surface area contributed by atoms with Gasteiger partial charge in [0.1, 0.15) is 54.8 Å². The number of fused-ring (bicyclic) bond motifs is 2. The number of imide groups is 2. The Labute approximate surface area is 399 Å². The van der Waals surface area contributed by atoms with Crippen LogP contribution in [0.2, 0.25) is 0 Å². The first-order valence-electron chi connectivity index (χ1n) is 20.9. The minimum absolute atomic E-state index is 0.0364. The lowest BCUT2D eigenvalue weighted by atomic mass is 9.75. The van der Waals surface area contributed by atoms with E-state index in [-0.39, 0.29) is 117 Å². The summed E-state index contributed by atoms with van der Waals surface area (Å²) < 4.78 is 79.4. The summed E-state index contributed by atoms with van der Waals surface area (Å²) in [6.07, 6.45) is 16.5. The normalized spacial score (nSPS) is 12.8. The van der Waals surface area contributed by atoms with E-state index in [0.29, 0.717) is 0 Å². The zero-order valence-corrected chi connectivity index (χ0v) is 36.8. The van der Waals surface area contributed by atoms with Crippen molar-refractivity contribution in [3.63, 3.8) is 0 Å². The lowest BCUT2D eigenvalue weighted by Gasteiger charge is -2.33. The number of terminal acetylenes is 4. The molecule has 8 rings (SSSR count). The van der Waals surface area contributed by atoms with E-state index in [4.69, 9.17) is 54.1 Å². The number of benzene rings is 6. The number of carbonyl (C=O) groups is 4. The minimum Gasteiger partial charge on any atom is -0.477 e. The van der Waals surface area contributed by atoms with Crippen LogP contribution in [0.25, 0.3) is 0 Å². The molecule has 15 heteroatoms. The minimum atomic E-state index is -4.78. The van der Waals surface area contributed by atoms with Gasteiger partial charge in [0.15, 0.2) is 23.0 Å². The van der Waals surface area contributed by atoms with E-state index in [9.17, 15) is 19.2 Å². The molecule has 0 bridgehead atoms. The quantitative estimate of drug-likeness (QED) is 0.0683. The third-order valence-corrected chi connectivity index (χ3v) is 11.2. The SMILES string of the molecule is C#CCOc1ccc(N2C(=O)c3ccc(Oc4ccc(C(C)(c5ccc(Oc6ccc7c(c6)C(=O)N(c6ccc(OCC#C)c(OCC#C)c6)C7=O)cc5)C(F)(F)F)cc4)cc3C2=O)cc1OCC#C. The number of hydrogen-bond donors (Lipinski definition) is 0. The van der Waals surface area contributed by atoms with Crippen molar-refractivity contribution in [3.05, 3.63) is 155 Å². The van der Waals surface area contributed by atoms with Crippen molar-refractivity contribution in [1.82, 2.24) is 0 Å². The Morgan fingerprint density at radius 3 is 1.10 bits per heavy atom. The van der Waals surface area contributed by atoms with Crippen LogP contribution in [0.1, 0.15) is 59.5 Å². The van der Waals surface area contributed by atoms with Gasteiger partial charge in [-0.1, -0.05) is 47.9 Å². The highest BCUT2D eigenvalue weighted by Gasteiger charge is 2.53. The van der Waals surface area contributed by atoms with E-state index in [1.54, 1.807) is 0 Å². The van der Waals surface area contributed by atoms with Crippen molar-refractivity contribution in [2.24, 2.45) is 0 Å². The van der Waals surface area contributed by atoms with Crippen molar-refractivity contribution in [2.45, 2.75) is 18.5 Å². The second-order valence-corrected chi connectivity index (χ2v) is 15.4. The molecule has 346 valence electrons. The highest BCUT2D eigenvalue weighted by atomic mass is 19.4. The fourth-order valence-electron chi connectivity index (χ4n) is 7.73. The molecule has 0 spiro atoms. The zero-order chi connectivity index (χ0) is 49.7. The predicted molar refractivity (Wildman–Crippen MR) is 251 cm³/mol. The molecule has 2 aliphatic heterocycles. The average molecular weight is 941 g/mol. The number of anilines is 2. The van der Waals surface area contributed by atoms with Crippen molar-refractivity contribution < 1.29 is 60.8 Å². The molecule has 6 aromatic rings. The summed E-state index contributed by atoms with van der Waals surface area (Å²) in [5, 5.41) is 0. The molecule has 0 radical (unpaired) electrons. The lowest BCUT2D eigenvalue weighted by molar-refractivity contribution is -0.173. The van der Waals surface area contributed by atoms with Gasteiger partial charge >= 0.3 is 6.18 Å². The molecule has 6 aromatic carbocycles. The topological polar surface area (TPSA) is 130 Å². The number of rotatable bonds is 16. The molecule has 0 saturated heterocycles. The van der Waals surface area contributed by atoms with Crippen LogP contribution in [0.3, 0.4) is 0 Å². The van der Waals surface area contributed by atoms with Crippen LogP contribution in [-0.4, -0.2) is 56.2 Å². The molecule has 0 unspecified atom stereocenters. The first kappa shape index (κ1) is 46.9.